The van der Waals surface area contributed by atoms with Crippen LogP contribution < -0.4 is 11.1 Å². The Kier molecular flexibility index (Phi) is 4.27. The first kappa shape index (κ1) is 13.7. The van der Waals surface area contributed by atoms with Crippen LogP contribution in [0.4, 0.5) is 11.4 Å². The number of nitrogens with two attached hydrogens (primary N) is 1. The molecule has 104 valence electrons. The van der Waals surface area contributed by atoms with Gasteiger partial charge in [0.05, 0.1) is 11.7 Å². The van der Waals surface area contributed by atoms with Crippen molar-refractivity contribution in [3.05, 3.63) is 23.8 Å². The number of anilines is 2. The lowest BCUT2D eigenvalue weighted by atomic mass is 9.99. The van der Waals surface area contributed by atoms with Crippen LogP contribution in [0.1, 0.15) is 30.1 Å². The molecule has 1 heterocycles. The molecule has 1 saturated heterocycles. The highest BCUT2D eigenvalue weighted by atomic mass is 16.5. The minimum atomic E-state index is -1.00. The molecule has 1 aliphatic heterocycles. The molecule has 0 saturated carbocycles. The summed E-state index contributed by atoms with van der Waals surface area (Å²) < 4.78 is 5.64. The molecule has 0 spiro atoms. The van der Waals surface area contributed by atoms with Crippen LogP contribution >= 0.6 is 0 Å². The second-order valence-electron chi connectivity index (χ2n) is 4.85. The zero-order valence-corrected chi connectivity index (χ0v) is 11.1. The summed E-state index contributed by atoms with van der Waals surface area (Å²) >= 11 is 0. The average molecular weight is 264 g/mol. The maximum absolute atomic E-state index is 10.9. The molecule has 2 rings (SSSR count). The second kappa shape index (κ2) is 5.93. The van der Waals surface area contributed by atoms with Crippen molar-refractivity contribution in [2.45, 2.75) is 25.9 Å². The van der Waals surface area contributed by atoms with Crippen LogP contribution in [0.15, 0.2) is 18.2 Å². The largest absolute Gasteiger partial charge is 0.478 e. The molecule has 1 fully saturated rings. The molecule has 1 aromatic rings. The van der Waals surface area contributed by atoms with E-state index in [1.54, 1.807) is 12.1 Å². The maximum atomic E-state index is 10.9. The first-order chi connectivity index (χ1) is 9.11. The van der Waals surface area contributed by atoms with Crippen molar-refractivity contribution in [1.82, 2.24) is 0 Å². The van der Waals surface area contributed by atoms with Crippen LogP contribution in [-0.4, -0.2) is 30.3 Å². The van der Waals surface area contributed by atoms with Gasteiger partial charge in [0.25, 0.3) is 0 Å². The van der Waals surface area contributed by atoms with E-state index in [1.165, 1.54) is 6.07 Å². The summed E-state index contributed by atoms with van der Waals surface area (Å²) in [5.74, 6) is -0.496. The Morgan fingerprint density at radius 3 is 3.00 bits per heavy atom. The highest BCUT2D eigenvalue weighted by Crippen LogP contribution is 2.24. The Morgan fingerprint density at radius 1 is 1.58 bits per heavy atom. The Hall–Kier alpha value is -1.75. The van der Waals surface area contributed by atoms with Crippen molar-refractivity contribution in [3.8, 4) is 0 Å². The number of hydrogen-bond acceptors (Lipinski definition) is 4. The van der Waals surface area contributed by atoms with E-state index in [1.807, 2.05) is 0 Å². The number of ether oxygens (including phenoxy) is 1. The summed E-state index contributed by atoms with van der Waals surface area (Å²) in [5.41, 5.74) is 6.99. The smallest absolute Gasteiger partial charge is 0.337 e. The van der Waals surface area contributed by atoms with E-state index in [0.29, 0.717) is 12.0 Å². The molecule has 5 nitrogen and oxygen atoms in total. The van der Waals surface area contributed by atoms with Gasteiger partial charge in [-0.05, 0) is 31.0 Å². The van der Waals surface area contributed by atoms with E-state index in [9.17, 15) is 4.79 Å². The van der Waals surface area contributed by atoms with Gasteiger partial charge < -0.3 is 20.9 Å². The minimum absolute atomic E-state index is 0.140. The van der Waals surface area contributed by atoms with Crippen molar-refractivity contribution >= 4 is 17.3 Å². The van der Waals surface area contributed by atoms with Crippen LogP contribution in [0.5, 0.6) is 0 Å². The fraction of sp³-hybridized carbons (Fsp3) is 0.500. The molecule has 1 aliphatic rings. The summed E-state index contributed by atoms with van der Waals surface area (Å²) in [5, 5.41) is 12.2. The number of benzene rings is 1. The zero-order valence-electron chi connectivity index (χ0n) is 11.1. The number of hydrogen-bond donors (Lipinski definition) is 3. The van der Waals surface area contributed by atoms with Gasteiger partial charge >= 0.3 is 5.97 Å². The lowest BCUT2D eigenvalue weighted by molar-refractivity contribution is 0.0698. The fourth-order valence-electron chi connectivity index (χ4n) is 2.49. The van der Waals surface area contributed by atoms with Gasteiger partial charge in [-0.3, -0.25) is 0 Å². The van der Waals surface area contributed by atoms with E-state index >= 15 is 0 Å². The van der Waals surface area contributed by atoms with Crippen molar-refractivity contribution in [2.24, 2.45) is 5.92 Å². The summed E-state index contributed by atoms with van der Waals surface area (Å²) in [6, 6.07) is 4.94. The summed E-state index contributed by atoms with van der Waals surface area (Å²) in [6.45, 7) is 3.78. The van der Waals surface area contributed by atoms with E-state index < -0.39 is 5.97 Å². The molecule has 19 heavy (non-hydrogen) atoms. The molecule has 0 radical (unpaired) electrons. The first-order valence-corrected chi connectivity index (χ1v) is 6.60. The van der Waals surface area contributed by atoms with E-state index in [4.69, 9.17) is 15.6 Å². The Balaban J connectivity index is 1.96. The van der Waals surface area contributed by atoms with Crippen molar-refractivity contribution in [2.75, 3.05) is 24.2 Å². The lowest BCUT2D eigenvalue weighted by Gasteiger charge is -2.18. The van der Waals surface area contributed by atoms with Gasteiger partial charge in [0.2, 0.25) is 0 Å². The maximum Gasteiger partial charge on any atom is 0.337 e. The second-order valence-corrected chi connectivity index (χ2v) is 4.85. The normalized spacial score (nSPS) is 22.4. The van der Waals surface area contributed by atoms with Gasteiger partial charge in [-0.1, -0.05) is 6.92 Å². The van der Waals surface area contributed by atoms with Gasteiger partial charge in [-0.15, -0.1) is 0 Å². The van der Waals surface area contributed by atoms with Crippen LogP contribution in [0.3, 0.4) is 0 Å². The van der Waals surface area contributed by atoms with Crippen LogP contribution in [0.2, 0.25) is 0 Å². The number of nitrogen functional groups attached to an aromatic ring is 1. The topological polar surface area (TPSA) is 84.6 Å². The zero-order chi connectivity index (χ0) is 13.8. The minimum Gasteiger partial charge on any atom is -0.478 e. The summed E-state index contributed by atoms with van der Waals surface area (Å²) in [7, 11) is 0. The van der Waals surface area contributed by atoms with Gasteiger partial charge in [-0.25, -0.2) is 4.79 Å². The molecule has 1 aromatic carbocycles. The van der Waals surface area contributed by atoms with Crippen molar-refractivity contribution < 1.29 is 14.6 Å². The number of rotatable bonds is 5. The molecular weight excluding hydrogens is 244 g/mol. The molecule has 0 amide bonds. The SMILES string of the molecule is CCC1OCCC1CNc1ccc(C(=O)O)c(N)c1. The molecule has 2 unspecified atom stereocenters. The lowest BCUT2D eigenvalue weighted by Crippen LogP contribution is -2.22. The summed E-state index contributed by atoms with van der Waals surface area (Å²) in [6.07, 6.45) is 2.41. The third-order valence-electron chi connectivity index (χ3n) is 3.60. The van der Waals surface area contributed by atoms with E-state index in [-0.39, 0.29) is 11.3 Å². The van der Waals surface area contributed by atoms with E-state index in [0.717, 1.165) is 31.7 Å². The molecule has 4 N–H and O–H groups in total. The highest BCUT2D eigenvalue weighted by molar-refractivity contribution is 5.94. The number of aromatic carboxylic acids is 1. The van der Waals surface area contributed by atoms with Gasteiger partial charge in [0.1, 0.15) is 0 Å². The first-order valence-electron chi connectivity index (χ1n) is 6.60. The Bertz CT molecular complexity index is 462. The molecule has 0 aromatic heterocycles. The van der Waals surface area contributed by atoms with Crippen LogP contribution in [0, 0.1) is 5.92 Å². The van der Waals surface area contributed by atoms with Crippen molar-refractivity contribution in [1.29, 1.82) is 0 Å². The quantitative estimate of drug-likeness (QED) is 0.710. The monoisotopic (exact) mass is 264 g/mol. The van der Waals surface area contributed by atoms with E-state index in [2.05, 4.69) is 12.2 Å². The predicted octanol–water partition coefficient (Wildman–Crippen LogP) is 2.19. The third kappa shape index (κ3) is 3.17. The van der Waals surface area contributed by atoms with Gasteiger partial charge in [-0.2, -0.15) is 0 Å². The number of carbonyl (C=O) groups is 1. The molecule has 0 bridgehead atoms. The third-order valence-corrected chi connectivity index (χ3v) is 3.60. The Morgan fingerprint density at radius 2 is 2.37 bits per heavy atom. The van der Waals surface area contributed by atoms with Crippen LogP contribution in [0.25, 0.3) is 0 Å². The van der Waals surface area contributed by atoms with Gasteiger partial charge in [0, 0.05) is 30.4 Å². The molecule has 5 heteroatoms. The average Bonchev–Trinajstić information content (AvgIpc) is 2.83. The standard InChI is InChI=1S/C14H20N2O3/c1-2-13-9(5-6-19-13)8-16-10-3-4-11(14(17)18)12(15)7-10/h3-4,7,9,13,16H,2,5-6,8,15H2,1H3,(H,17,18). The van der Waals surface area contributed by atoms with Crippen LogP contribution in [-0.2, 0) is 4.74 Å². The number of nitrogens with one attached hydrogen (secondary N) is 1. The Labute approximate surface area is 112 Å². The molecule has 0 aliphatic carbocycles. The molecular formula is C14H20N2O3. The number of carboxylic acid groups (broad SMARTS) is 1. The predicted molar refractivity (Wildman–Crippen MR) is 74.4 cm³/mol. The van der Waals surface area contributed by atoms with Gasteiger partial charge in [0.15, 0.2) is 0 Å². The molecule has 2 atom stereocenters. The highest BCUT2D eigenvalue weighted by Gasteiger charge is 2.26. The summed E-state index contributed by atoms with van der Waals surface area (Å²) in [4.78, 5) is 10.9. The number of carboxylic acids is 1. The fourth-order valence-corrected chi connectivity index (χ4v) is 2.49. The van der Waals surface area contributed by atoms with Crippen molar-refractivity contribution in [3.63, 3.8) is 0 Å².